The summed E-state index contributed by atoms with van der Waals surface area (Å²) in [6.45, 7) is 2.66. The lowest BCUT2D eigenvalue weighted by Crippen LogP contribution is -2.49. The summed E-state index contributed by atoms with van der Waals surface area (Å²) >= 11 is 0. The van der Waals surface area contributed by atoms with Crippen molar-refractivity contribution in [2.24, 2.45) is 5.41 Å². The topological polar surface area (TPSA) is 95.9 Å². The molecule has 3 rings (SSSR count). The lowest BCUT2D eigenvalue weighted by Gasteiger charge is -2.40. The Morgan fingerprint density at radius 2 is 2.20 bits per heavy atom. The van der Waals surface area contributed by atoms with E-state index in [9.17, 15) is 19.5 Å². The Hall–Kier alpha value is -2.57. The average Bonchev–Trinajstić information content (AvgIpc) is 2.61. The summed E-state index contributed by atoms with van der Waals surface area (Å²) in [4.78, 5) is 37.6. The Bertz CT molecular complexity index is 713. The molecule has 0 radical (unpaired) electrons. The summed E-state index contributed by atoms with van der Waals surface area (Å²) in [6, 6.07) is 4.88. The third-order valence-electron chi connectivity index (χ3n) is 4.91. The molecule has 1 fully saturated rings. The van der Waals surface area contributed by atoms with E-state index in [0.717, 1.165) is 6.42 Å². The number of piperidine rings is 1. The smallest absolute Gasteiger partial charge is 0.311 e. The van der Waals surface area contributed by atoms with E-state index in [1.807, 2.05) is 6.92 Å². The number of ether oxygens (including phenoxy) is 1. The number of fused-ring (bicyclic) bond motifs is 1. The number of carbonyl (C=O) groups is 3. The van der Waals surface area contributed by atoms with Gasteiger partial charge in [0.2, 0.25) is 0 Å². The first-order valence-corrected chi connectivity index (χ1v) is 8.54. The molecule has 0 spiro atoms. The fourth-order valence-electron chi connectivity index (χ4n) is 3.66. The highest BCUT2D eigenvalue weighted by molar-refractivity contribution is 5.99. The van der Waals surface area contributed by atoms with E-state index in [4.69, 9.17) is 4.74 Å². The predicted molar refractivity (Wildman–Crippen MR) is 90.7 cm³/mol. The van der Waals surface area contributed by atoms with E-state index in [0.29, 0.717) is 42.8 Å². The largest absolute Gasteiger partial charge is 0.482 e. The molecule has 0 aromatic heterocycles. The molecule has 0 saturated carbocycles. The molecule has 7 nitrogen and oxygen atoms in total. The van der Waals surface area contributed by atoms with Gasteiger partial charge in [-0.3, -0.25) is 14.4 Å². The highest BCUT2D eigenvalue weighted by Gasteiger charge is 2.43. The van der Waals surface area contributed by atoms with Gasteiger partial charge in [-0.25, -0.2) is 0 Å². The van der Waals surface area contributed by atoms with Crippen LogP contribution in [0.1, 0.15) is 43.0 Å². The standard InChI is InChI=1S/C18H22N2O5/c1-2-6-18(17(23)24)7-3-8-20(11-18)16(22)12-4-5-13-14(9-12)25-10-15(21)19-13/h4-5,9H,2-3,6-8,10-11H2,1H3,(H,19,21)(H,23,24)/t18-/m0/s1. The molecule has 2 aliphatic heterocycles. The maximum Gasteiger partial charge on any atom is 0.311 e. The SMILES string of the molecule is CCC[C@]1(C(=O)O)CCCN(C(=O)c2ccc3c(c2)OCC(=O)N3)C1. The number of benzene rings is 1. The number of carbonyl (C=O) groups excluding carboxylic acids is 2. The number of amides is 2. The van der Waals surface area contributed by atoms with Crippen molar-refractivity contribution in [3.63, 3.8) is 0 Å². The van der Waals surface area contributed by atoms with E-state index >= 15 is 0 Å². The van der Waals surface area contributed by atoms with Crippen LogP contribution in [-0.2, 0) is 9.59 Å². The highest BCUT2D eigenvalue weighted by atomic mass is 16.5. The van der Waals surface area contributed by atoms with Gasteiger partial charge in [-0.05, 0) is 37.5 Å². The van der Waals surface area contributed by atoms with Gasteiger partial charge in [0, 0.05) is 18.7 Å². The number of carboxylic acid groups (broad SMARTS) is 1. The summed E-state index contributed by atoms with van der Waals surface area (Å²) in [5.74, 6) is -0.804. The van der Waals surface area contributed by atoms with Gasteiger partial charge in [0.25, 0.3) is 11.8 Å². The molecule has 7 heteroatoms. The van der Waals surface area contributed by atoms with Crippen molar-refractivity contribution >= 4 is 23.5 Å². The number of carboxylic acids is 1. The van der Waals surface area contributed by atoms with E-state index in [-0.39, 0.29) is 25.0 Å². The summed E-state index contributed by atoms with van der Waals surface area (Å²) in [5, 5.41) is 12.4. The van der Waals surface area contributed by atoms with Crippen LogP contribution in [0.3, 0.4) is 0 Å². The van der Waals surface area contributed by atoms with Crippen LogP contribution in [0.15, 0.2) is 18.2 Å². The van der Waals surface area contributed by atoms with Gasteiger partial charge in [-0.1, -0.05) is 13.3 Å². The molecule has 0 aliphatic carbocycles. The van der Waals surface area contributed by atoms with Crippen LogP contribution in [0.4, 0.5) is 5.69 Å². The highest BCUT2D eigenvalue weighted by Crippen LogP contribution is 2.36. The van der Waals surface area contributed by atoms with Crippen LogP contribution in [-0.4, -0.2) is 47.5 Å². The molecule has 1 saturated heterocycles. The Kier molecular flexibility index (Phi) is 4.65. The van der Waals surface area contributed by atoms with Gasteiger partial charge >= 0.3 is 5.97 Å². The van der Waals surface area contributed by atoms with E-state index in [1.165, 1.54) is 0 Å². The number of nitrogens with zero attached hydrogens (tertiary/aromatic N) is 1. The molecule has 134 valence electrons. The van der Waals surface area contributed by atoms with Crippen molar-refractivity contribution in [1.82, 2.24) is 4.90 Å². The lowest BCUT2D eigenvalue weighted by atomic mass is 9.76. The zero-order valence-corrected chi connectivity index (χ0v) is 14.2. The van der Waals surface area contributed by atoms with E-state index in [1.54, 1.807) is 23.1 Å². The Labute approximate surface area is 146 Å². The molecular formula is C18H22N2O5. The third kappa shape index (κ3) is 3.31. The molecule has 1 aromatic carbocycles. The predicted octanol–water partition coefficient (Wildman–Crippen LogP) is 2.12. The third-order valence-corrected chi connectivity index (χ3v) is 4.91. The van der Waals surface area contributed by atoms with Gasteiger partial charge in [-0.2, -0.15) is 0 Å². The molecule has 0 unspecified atom stereocenters. The number of nitrogens with one attached hydrogen (secondary N) is 1. The average molecular weight is 346 g/mol. The molecule has 25 heavy (non-hydrogen) atoms. The molecule has 2 aliphatic rings. The minimum Gasteiger partial charge on any atom is -0.482 e. The number of likely N-dealkylation sites (tertiary alicyclic amines) is 1. The zero-order chi connectivity index (χ0) is 18.0. The molecule has 1 aromatic rings. The fraction of sp³-hybridized carbons (Fsp3) is 0.500. The molecule has 2 N–H and O–H groups in total. The number of anilines is 1. The van der Waals surface area contributed by atoms with Crippen LogP contribution in [0.25, 0.3) is 0 Å². The monoisotopic (exact) mass is 346 g/mol. The number of hydrogen-bond donors (Lipinski definition) is 2. The van der Waals surface area contributed by atoms with Crippen LogP contribution in [0.2, 0.25) is 0 Å². The van der Waals surface area contributed by atoms with Crippen LogP contribution in [0, 0.1) is 5.41 Å². The Morgan fingerprint density at radius 3 is 2.92 bits per heavy atom. The number of aliphatic carboxylic acids is 1. The minimum atomic E-state index is -0.860. The second-order valence-electron chi connectivity index (χ2n) is 6.71. The second kappa shape index (κ2) is 6.74. The maximum absolute atomic E-state index is 12.9. The van der Waals surface area contributed by atoms with E-state index in [2.05, 4.69) is 5.32 Å². The van der Waals surface area contributed by atoms with E-state index < -0.39 is 11.4 Å². The van der Waals surface area contributed by atoms with Crippen molar-refractivity contribution in [1.29, 1.82) is 0 Å². The Morgan fingerprint density at radius 1 is 1.40 bits per heavy atom. The summed E-state index contributed by atoms with van der Waals surface area (Å²) in [6.07, 6.45) is 2.60. The lowest BCUT2D eigenvalue weighted by molar-refractivity contribution is -0.152. The van der Waals surface area contributed by atoms with Crippen LogP contribution >= 0.6 is 0 Å². The maximum atomic E-state index is 12.9. The zero-order valence-electron chi connectivity index (χ0n) is 14.2. The normalized spacial score (nSPS) is 22.6. The van der Waals surface area contributed by atoms with Gasteiger partial charge in [0.15, 0.2) is 6.61 Å². The Balaban J connectivity index is 1.81. The summed E-state index contributed by atoms with van der Waals surface area (Å²) in [7, 11) is 0. The first kappa shape index (κ1) is 17.3. The first-order valence-electron chi connectivity index (χ1n) is 8.54. The van der Waals surface area contributed by atoms with Gasteiger partial charge in [-0.15, -0.1) is 0 Å². The molecule has 0 bridgehead atoms. The van der Waals surface area contributed by atoms with Crippen LogP contribution < -0.4 is 10.1 Å². The van der Waals surface area contributed by atoms with Crippen molar-refractivity contribution in [3.05, 3.63) is 23.8 Å². The van der Waals surface area contributed by atoms with Crippen molar-refractivity contribution < 1.29 is 24.2 Å². The van der Waals surface area contributed by atoms with Gasteiger partial charge < -0.3 is 20.1 Å². The minimum absolute atomic E-state index is 0.0764. The van der Waals surface area contributed by atoms with Crippen LogP contribution in [0.5, 0.6) is 5.75 Å². The van der Waals surface area contributed by atoms with Crippen molar-refractivity contribution in [3.8, 4) is 5.75 Å². The summed E-state index contributed by atoms with van der Waals surface area (Å²) < 4.78 is 5.35. The quantitative estimate of drug-likeness (QED) is 0.871. The first-order chi connectivity index (χ1) is 11.9. The molecule has 2 heterocycles. The second-order valence-corrected chi connectivity index (χ2v) is 6.71. The fourth-order valence-corrected chi connectivity index (χ4v) is 3.66. The van der Waals surface area contributed by atoms with Crippen molar-refractivity contribution in [2.45, 2.75) is 32.6 Å². The number of hydrogen-bond acceptors (Lipinski definition) is 4. The molecular weight excluding hydrogens is 324 g/mol. The number of rotatable bonds is 4. The van der Waals surface area contributed by atoms with Gasteiger partial charge in [0.05, 0.1) is 11.1 Å². The summed E-state index contributed by atoms with van der Waals surface area (Å²) in [5.41, 5.74) is 0.117. The van der Waals surface area contributed by atoms with Gasteiger partial charge in [0.1, 0.15) is 5.75 Å². The van der Waals surface area contributed by atoms with Crippen molar-refractivity contribution in [2.75, 3.05) is 25.0 Å². The molecule has 2 amide bonds. The molecule has 1 atom stereocenters.